The van der Waals surface area contributed by atoms with Crippen molar-refractivity contribution in [3.05, 3.63) is 46.5 Å². The van der Waals surface area contributed by atoms with E-state index in [4.69, 9.17) is 0 Å². The van der Waals surface area contributed by atoms with E-state index in [1.54, 1.807) is 0 Å². The minimum Gasteiger partial charge on any atom is -0.292 e. The van der Waals surface area contributed by atoms with Crippen LogP contribution in [-0.2, 0) is 17.2 Å². The van der Waals surface area contributed by atoms with E-state index in [0.29, 0.717) is 18.6 Å². The molecule has 1 aromatic rings. The summed E-state index contributed by atoms with van der Waals surface area (Å²) >= 11 is 0. The molecule has 0 radical (unpaired) electrons. The first kappa shape index (κ1) is 11.8. The summed E-state index contributed by atoms with van der Waals surface area (Å²) in [5.74, 6) is 0.634. The van der Waals surface area contributed by atoms with Gasteiger partial charge < -0.3 is 0 Å². The van der Waals surface area contributed by atoms with Gasteiger partial charge in [0.1, 0.15) is 4.75 Å². The summed E-state index contributed by atoms with van der Waals surface area (Å²) in [6, 6.07) is 7.68. The second kappa shape index (κ2) is 3.89. The molecule has 3 heteroatoms. The zero-order chi connectivity index (χ0) is 12.9. The maximum absolute atomic E-state index is 12.6. The number of fused-ring (bicyclic) bond motifs is 1. The normalized spacial score (nSPS) is 31.0. The van der Waals surface area contributed by atoms with E-state index < -0.39 is 15.5 Å². The van der Waals surface area contributed by atoms with E-state index in [1.165, 1.54) is 11.1 Å². The number of Topliss-reactive ketones (excluding diaryl/α,β-unsaturated/α-hetero) is 1. The van der Waals surface area contributed by atoms with Crippen molar-refractivity contribution >= 4 is 16.6 Å². The first-order valence-corrected chi connectivity index (χ1v) is 7.53. The second-order valence-electron chi connectivity index (χ2n) is 5.38. The van der Waals surface area contributed by atoms with Gasteiger partial charge in [-0.15, -0.1) is 0 Å². The first-order chi connectivity index (χ1) is 8.54. The predicted molar refractivity (Wildman–Crippen MR) is 73.2 cm³/mol. The van der Waals surface area contributed by atoms with Crippen LogP contribution in [0.1, 0.15) is 36.2 Å². The highest BCUT2D eigenvalue weighted by Crippen LogP contribution is 2.42. The lowest BCUT2D eigenvalue weighted by atomic mass is 9.92. The molecule has 2 nitrogen and oxygen atoms in total. The molecule has 94 valence electrons. The SMILES string of the molecule is CC1=C(C)C[C@]2(Cc3ccccc3C2=O)S(=O)C1. The summed E-state index contributed by atoms with van der Waals surface area (Å²) in [4.78, 5) is 12.6. The van der Waals surface area contributed by atoms with Crippen molar-refractivity contribution in [3.63, 3.8) is 0 Å². The largest absolute Gasteiger partial charge is 0.292 e. The van der Waals surface area contributed by atoms with Gasteiger partial charge in [0.25, 0.3) is 0 Å². The van der Waals surface area contributed by atoms with E-state index in [2.05, 4.69) is 6.92 Å². The van der Waals surface area contributed by atoms with E-state index >= 15 is 0 Å². The molecule has 0 saturated carbocycles. The molecule has 1 spiro atoms. The van der Waals surface area contributed by atoms with Crippen LogP contribution in [0.4, 0.5) is 0 Å². The van der Waals surface area contributed by atoms with Crippen LogP contribution in [0.2, 0.25) is 0 Å². The number of rotatable bonds is 0. The number of benzene rings is 1. The number of carbonyl (C=O) groups excluding carboxylic acids is 1. The Morgan fingerprint density at radius 1 is 1.11 bits per heavy atom. The van der Waals surface area contributed by atoms with Gasteiger partial charge in [-0.25, -0.2) is 0 Å². The van der Waals surface area contributed by atoms with Crippen LogP contribution in [0.3, 0.4) is 0 Å². The molecule has 0 bridgehead atoms. The topological polar surface area (TPSA) is 34.1 Å². The number of carbonyl (C=O) groups is 1. The number of hydrogen-bond acceptors (Lipinski definition) is 2. The maximum Gasteiger partial charge on any atom is 0.182 e. The molecule has 1 aliphatic carbocycles. The van der Waals surface area contributed by atoms with Crippen molar-refractivity contribution in [1.29, 1.82) is 0 Å². The molecule has 1 aromatic carbocycles. The third kappa shape index (κ3) is 1.46. The van der Waals surface area contributed by atoms with Crippen LogP contribution in [0.15, 0.2) is 35.4 Å². The van der Waals surface area contributed by atoms with Crippen LogP contribution >= 0.6 is 0 Å². The lowest BCUT2D eigenvalue weighted by Crippen LogP contribution is -2.45. The Kier molecular flexibility index (Phi) is 2.56. The monoisotopic (exact) mass is 260 g/mol. The van der Waals surface area contributed by atoms with E-state index in [1.807, 2.05) is 31.2 Å². The number of allylic oxidation sites excluding steroid dienone is 1. The summed E-state index contributed by atoms with van der Waals surface area (Å²) < 4.78 is 11.8. The second-order valence-corrected chi connectivity index (χ2v) is 7.15. The number of hydrogen-bond donors (Lipinski definition) is 0. The fraction of sp³-hybridized carbons (Fsp3) is 0.400. The first-order valence-electron chi connectivity index (χ1n) is 6.21. The van der Waals surface area contributed by atoms with Crippen molar-refractivity contribution in [2.24, 2.45) is 0 Å². The third-order valence-electron chi connectivity index (χ3n) is 4.21. The molecule has 2 aliphatic rings. The molecule has 0 saturated heterocycles. The van der Waals surface area contributed by atoms with Gasteiger partial charge in [0.2, 0.25) is 0 Å². The highest BCUT2D eigenvalue weighted by atomic mass is 32.2. The molecule has 1 unspecified atom stereocenters. The summed E-state index contributed by atoms with van der Waals surface area (Å²) in [7, 11) is -1.09. The van der Waals surface area contributed by atoms with E-state index in [-0.39, 0.29) is 5.78 Å². The van der Waals surface area contributed by atoms with E-state index in [9.17, 15) is 9.00 Å². The van der Waals surface area contributed by atoms with Gasteiger partial charge in [-0.3, -0.25) is 9.00 Å². The zero-order valence-corrected chi connectivity index (χ0v) is 11.5. The molecule has 1 aliphatic heterocycles. The molecule has 3 rings (SSSR count). The van der Waals surface area contributed by atoms with Crippen molar-refractivity contribution in [2.75, 3.05) is 5.75 Å². The number of ketones is 1. The Hall–Kier alpha value is -1.22. The van der Waals surface area contributed by atoms with Crippen LogP contribution in [0, 0.1) is 0 Å². The van der Waals surface area contributed by atoms with Crippen LogP contribution in [0.5, 0.6) is 0 Å². The van der Waals surface area contributed by atoms with Gasteiger partial charge in [0, 0.05) is 22.1 Å². The molecular formula is C15H16O2S. The molecule has 2 atom stereocenters. The van der Waals surface area contributed by atoms with Gasteiger partial charge in [0.05, 0.1) is 0 Å². The molecular weight excluding hydrogens is 244 g/mol. The van der Waals surface area contributed by atoms with Gasteiger partial charge >= 0.3 is 0 Å². The molecule has 0 aromatic heterocycles. The standard InChI is InChI=1S/C15H16O2S/c1-10-7-15(18(17)9-11(10)2)8-12-5-3-4-6-13(12)14(15)16/h3-6H,7-9H2,1-2H3/t15-,18?/m1/s1. The predicted octanol–water partition coefficient (Wildman–Crippen LogP) is 2.65. The van der Waals surface area contributed by atoms with Crippen molar-refractivity contribution < 1.29 is 9.00 Å². The van der Waals surface area contributed by atoms with Gasteiger partial charge in [-0.1, -0.05) is 35.4 Å². The summed E-state index contributed by atoms with van der Waals surface area (Å²) in [5.41, 5.74) is 4.25. The minimum absolute atomic E-state index is 0.0864. The molecule has 0 N–H and O–H groups in total. The smallest absolute Gasteiger partial charge is 0.182 e. The highest BCUT2D eigenvalue weighted by molar-refractivity contribution is 7.87. The molecule has 1 heterocycles. The lowest BCUT2D eigenvalue weighted by molar-refractivity contribution is 0.0954. The van der Waals surface area contributed by atoms with Crippen molar-refractivity contribution in [3.8, 4) is 0 Å². The van der Waals surface area contributed by atoms with Gasteiger partial charge in [0.15, 0.2) is 5.78 Å². The summed E-state index contributed by atoms with van der Waals surface area (Å²) in [6.45, 7) is 4.08. The van der Waals surface area contributed by atoms with E-state index in [0.717, 1.165) is 11.1 Å². The lowest BCUT2D eigenvalue weighted by Gasteiger charge is -2.32. The van der Waals surface area contributed by atoms with Crippen molar-refractivity contribution in [2.45, 2.75) is 31.4 Å². The maximum atomic E-state index is 12.6. The van der Waals surface area contributed by atoms with Gasteiger partial charge in [-0.2, -0.15) is 0 Å². The Morgan fingerprint density at radius 3 is 2.56 bits per heavy atom. The summed E-state index contributed by atoms with van der Waals surface area (Å²) in [6.07, 6.45) is 1.29. The van der Waals surface area contributed by atoms with Gasteiger partial charge in [-0.05, 0) is 32.3 Å². The van der Waals surface area contributed by atoms with Crippen LogP contribution in [0.25, 0.3) is 0 Å². The fourth-order valence-electron chi connectivity index (χ4n) is 2.97. The molecule has 0 amide bonds. The average molecular weight is 260 g/mol. The quantitative estimate of drug-likeness (QED) is 0.672. The third-order valence-corrected chi connectivity index (χ3v) is 6.26. The average Bonchev–Trinajstić information content (AvgIpc) is 2.62. The van der Waals surface area contributed by atoms with Crippen LogP contribution < -0.4 is 0 Å². The Balaban J connectivity index is 2.11. The summed E-state index contributed by atoms with van der Waals surface area (Å²) in [5, 5.41) is 0. The fourth-order valence-corrected chi connectivity index (χ4v) is 4.90. The Labute approximate surface area is 110 Å². The minimum atomic E-state index is -1.09. The van der Waals surface area contributed by atoms with Crippen LogP contribution in [-0.4, -0.2) is 20.5 Å². The Morgan fingerprint density at radius 2 is 1.83 bits per heavy atom. The molecule has 18 heavy (non-hydrogen) atoms. The van der Waals surface area contributed by atoms with Crippen molar-refractivity contribution in [1.82, 2.24) is 0 Å². The Bertz CT molecular complexity index is 600. The molecule has 0 fully saturated rings. The highest BCUT2D eigenvalue weighted by Gasteiger charge is 2.51. The zero-order valence-electron chi connectivity index (χ0n) is 10.7.